The van der Waals surface area contributed by atoms with Crippen LogP contribution in [0, 0.1) is 0 Å². The van der Waals surface area contributed by atoms with Crippen LogP contribution in [0.3, 0.4) is 0 Å². The third kappa shape index (κ3) is 3.26. The number of carboxylic acids is 1. The van der Waals surface area contributed by atoms with Crippen LogP contribution in [-0.2, 0) is 4.79 Å². The highest BCUT2D eigenvalue weighted by molar-refractivity contribution is 7.99. The van der Waals surface area contributed by atoms with Gasteiger partial charge in [-0.15, -0.1) is 10.2 Å². The predicted octanol–water partition coefficient (Wildman–Crippen LogP) is 2.41. The van der Waals surface area contributed by atoms with Gasteiger partial charge in [-0.2, -0.15) is 0 Å². The van der Waals surface area contributed by atoms with Crippen molar-refractivity contribution in [1.29, 1.82) is 0 Å². The van der Waals surface area contributed by atoms with Gasteiger partial charge in [-0.25, -0.2) is 0 Å². The molecule has 7 heteroatoms. The van der Waals surface area contributed by atoms with Crippen LogP contribution in [-0.4, -0.2) is 44.7 Å². The van der Waals surface area contributed by atoms with Gasteiger partial charge in [-0.1, -0.05) is 24.6 Å². The van der Waals surface area contributed by atoms with E-state index in [1.54, 1.807) is 0 Å². The normalized spacial score (nSPS) is 16.0. The second-order valence-electron chi connectivity index (χ2n) is 5.48. The monoisotopic (exact) mass is 298 g/mol. The fourth-order valence-electron chi connectivity index (χ4n) is 2.45. The molecule has 0 atom stereocenters. The summed E-state index contributed by atoms with van der Waals surface area (Å²) in [5, 5.41) is 18.1. The summed E-state index contributed by atoms with van der Waals surface area (Å²) in [6.07, 6.45) is 4.68. The van der Waals surface area contributed by atoms with E-state index in [-0.39, 0.29) is 5.75 Å². The lowest BCUT2D eigenvalue weighted by molar-refractivity contribution is -0.133. The lowest BCUT2D eigenvalue weighted by Gasteiger charge is -2.25. The number of thioether (sulfide) groups is 1. The van der Waals surface area contributed by atoms with Gasteiger partial charge in [0, 0.05) is 19.1 Å². The maximum atomic E-state index is 10.8. The Labute approximate surface area is 123 Å². The smallest absolute Gasteiger partial charge is 0.313 e. The van der Waals surface area contributed by atoms with Gasteiger partial charge in [0.2, 0.25) is 5.95 Å². The largest absolute Gasteiger partial charge is 0.481 e. The quantitative estimate of drug-likeness (QED) is 0.813. The Bertz CT molecular complexity index is 469. The van der Waals surface area contributed by atoms with E-state index in [9.17, 15) is 4.79 Å². The average Bonchev–Trinajstić information content (AvgIpc) is 3.03. The van der Waals surface area contributed by atoms with Crippen LogP contribution in [0.2, 0.25) is 0 Å². The van der Waals surface area contributed by atoms with Crippen molar-refractivity contribution in [2.24, 2.45) is 0 Å². The summed E-state index contributed by atoms with van der Waals surface area (Å²) < 4.78 is 2.14. The van der Waals surface area contributed by atoms with Gasteiger partial charge in [0.15, 0.2) is 5.16 Å². The lowest BCUT2D eigenvalue weighted by Crippen LogP contribution is -2.29. The highest BCUT2D eigenvalue weighted by atomic mass is 32.2. The van der Waals surface area contributed by atoms with E-state index in [1.165, 1.54) is 24.6 Å². The number of carbonyl (C=O) groups is 1. The van der Waals surface area contributed by atoms with Crippen LogP contribution in [0.1, 0.15) is 45.6 Å². The molecule has 1 aliphatic carbocycles. The SMILES string of the molecule is CC(C)N(C)c1nnc(SCC(=O)O)n1C1CCCC1. The first-order chi connectivity index (χ1) is 9.50. The van der Waals surface area contributed by atoms with Crippen molar-refractivity contribution >= 4 is 23.7 Å². The van der Waals surface area contributed by atoms with Gasteiger partial charge in [0.25, 0.3) is 0 Å². The van der Waals surface area contributed by atoms with Crippen LogP contribution in [0.25, 0.3) is 0 Å². The Morgan fingerprint density at radius 1 is 1.45 bits per heavy atom. The summed E-state index contributed by atoms with van der Waals surface area (Å²) >= 11 is 1.26. The number of hydrogen-bond donors (Lipinski definition) is 1. The first-order valence-corrected chi connectivity index (χ1v) is 8.01. The molecular formula is C13H22N4O2S. The summed E-state index contributed by atoms with van der Waals surface area (Å²) in [7, 11) is 2.01. The van der Waals surface area contributed by atoms with Crippen molar-refractivity contribution in [2.75, 3.05) is 17.7 Å². The molecule has 112 valence electrons. The minimum Gasteiger partial charge on any atom is -0.481 e. The minimum atomic E-state index is -0.824. The summed E-state index contributed by atoms with van der Waals surface area (Å²) in [6.45, 7) is 4.22. The van der Waals surface area contributed by atoms with Gasteiger partial charge in [0.05, 0.1) is 5.75 Å². The van der Waals surface area contributed by atoms with E-state index in [0.717, 1.165) is 23.9 Å². The number of hydrogen-bond acceptors (Lipinski definition) is 5. The molecule has 1 N–H and O–H groups in total. The molecule has 20 heavy (non-hydrogen) atoms. The van der Waals surface area contributed by atoms with E-state index in [4.69, 9.17) is 5.11 Å². The van der Waals surface area contributed by atoms with E-state index in [2.05, 4.69) is 33.5 Å². The minimum absolute atomic E-state index is 0.0241. The topological polar surface area (TPSA) is 71.2 Å². The Kier molecular flexibility index (Phi) is 4.91. The average molecular weight is 298 g/mol. The van der Waals surface area contributed by atoms with Crippen molar-refractivity contribution in [1.82, 2.24) is 14.8 Å². The molecule has 0 aliphatic heterocycles. The number of nitrogens with zero attached hydrogens (tertiary/aromatic N) is 4. The molecular weight excluding hydrogens is 276 g/mol. The van der Waals surface area contributed by atoms with E-state index in [1.807, 2.05) is 7.05 Å². The molecule has 1 heterocycles. The molecule has 0 amide bonds. The second kappa shape index (κ2) is 6.47. The number of aliphatic carboxylic acids is 1. The third-order valence-corrected chi connectivity index (χ3v) is 4.68. The molecule has 1 aliphatic rings. The predicted molar refractivity (Wildman–Crippen MR) is 79.4 cm³/mol. The molecule has 0 radical (unpaired) electrons. The summed E-state index contributed by atoms with van der Waals surface area (Å²) in [6, 6.07) is 0.731. The van der Waals surface area contributed by atoms with Crippen LogP contribution in [0.5, 0.6) is 0 Å². The van der Waals surface area contributed by atoms with Gasteiger partial charge in [-0.05, 0) is 26.7 Å². The number of anilines is 1. The maximum absolute atomic E-state index is 10.8. The third-order valence-electron chi connectivity index (χ3n) is 3.75. The molecule has 0 bridgehead atoms. The molecule has 0 saturated heterocycles. The standard InChI is InChI=1S/C13H22N4O2S/c1-9(2)16(3)12-14-15-13(20-8-11(18)19)17(12)10-6-4-5-7-10/h9-10H,4-8H2,1-3H3,(H,18,19). The zero-order chi connectivity index (χ0) is 14.7. The van der Waals surface area contributed by atoms with Gasteiger partial charge in [-0.3, -0.25) is 9.36 Å². The Morgan fingerprint density at radius 2 is 2.10 bits per heavy atom. The molecule has 1 fully saturated rings. The van der Waals surface area contributed by atoms with E-state index in [0.29, 0.717) is 12.1 Å². The summed E-state index contributed by atoms with van der Waals surface area (Å²) in [5.41, 5.74) is 0. The summed E-state index contributed by atoms with van der Waals surface area (Å²) in [4.78, 5) is 12.9. The highest BCUT2D eigenvalue weighted by Gasteiger charge is 2.26. The lowest BCUT2D eigenvalue weighted by atomic mass is 10.2. The first-order valence-electron chi connectivity index (χ1n) is 7.03. The molecule has 0 spiro atoms. The highest BCUT2D eigenvalue weighted by Crippen LogP contribution is 2.36. The maximum Gasteiger partial charge on any atom is 0.313 e. The number of rotatable bonds is 6. The van der Waals surface area contributed by atoms with Crippen molar-refractivity contribution < 1.29 is 9.90 Å². The van der Waals surface area contributed by atoms with Gasteiger partial charge >= 0.3 is 5.97 Å². The Morgan fingerprint density at radius 3 is 2.65 bits per heavy atom. The van der Waals surface area contributed by atoms with Crippen molar-refractivity contribution in [2.45, 2.75) is 56.8 Å². The van der Waals surface area contributed by atoms with Crippen molar-refractivity contribution in [3.05, 3.63) is 0 Å². The molecule has 0 aromatic carbocycles. The fraction of sp³-hybridized carbons (Fsp3) is 0.769. The van der Waals surface area contributed by atoms with E-state index < -0.39 is 5.97 Å². The number of carboxylic acid groups (broad SMARTS) is 1. The van der Waals surface area contributed by atoms with Crippen LogP contribution in [0.4, 0.5) is 5.95 Å². The number of aromatic nitrogens is 3. The molecule has 1 aromatic heterocycles. The van der Waals surface area contributed by atoms with Crippen molar-refractivity contribution in [3.63, 3.8) is 0 Å². The zero-order valence-electron chi connectivity index (χ0n) is 12.2. The molecule has 6 nitrogen and oxygen atoms in total. The van der Waals surface area contributed by atoms with E-state index >= 15 is 0 Å². The zero-order valence-corrected chi connectivity index (χ0v) is 13.1. The Hall–Kier alpha value is -1.24. The van der Waals surface area contributed by atoms with Crippen LogP contribution >= 0.6 is 11.8 Å². The molecule has 1 saturated carbocycles. The molecule has 1 aromatic rings. The van der Waals surface area contributed by atoms with Gasteiger partial charge in [0.1, 0.15) is 0 Å². The van der Waals surface area contributed by atoms with Crippen LogP contribution in [0.15, 0.2) is 5.16 Å². The van der Waals surface area contributed by atoms with Gasteiger partial charge < -0.3 is 10.0 Å². The summed E-state index contributed by atoms with van der Waals surface area (Å²) in [5.74, 6) is 0.0468. The van der Waals surface area contributed by atoms with Crippen molar-refractivity contribution in [3.8, 4) is 0 Å². The molecule has 0 unspecified atom stereocenters. The fourth-order valence-corrected chi connectivity index (χ4v) is 3.17. The Balaban J connectivity index is 2.29. The first kappa shape index (κ1) is 15.2. The second-order valence-corrected chi connectivity index (χ2v) is 6.42. The van der Waals surface area contributed by atoms with Crippen LogP contribution < -0.4 is 4.90 Å². The molecule has 2 rings (SSSR count).